The Morgan fingerprint density at radius 3 is 2.76 bits per heavy atom. The van der Waals surface area contributed by atoms with E-state index in [0.29, 0.717) is 0 Å². The number of thiazole rings is 1. The quantitative estimate of drug-likeness (QED) is 0.739. The van der Waals surface area contributed by atoms with Crippen molar-refractivity contribution >= 4 is 33.2 Å². The van der Waals surface area contributed by atoms with Gasteiger partial charge in [0, 0.05) is 18.3 Å². The van der Waals surface area contributed by atoms with Gasteiger partial charge in [0.25, 0.3) is 5.91 Å². The van der Waals surface area contributed by atoms with Crippen molar-refractivity contribution in [3.63, 3.8) is 0 Å². The zero-order valence-corrected chi connectivity index (χ0v) is 13.6. The Morgan fingerprint density at radius 2 is 2.10 bits per heavy atom. The number of para-hydroxylation sites is 2. The molecule has 1 aromatic carbocycles. The molecule has 0 aliphatic carbocycles. The van der Waals surface area contributed by atoms with Crippen molar-refractivity contribution in [2.45, 2.75) is 33.7 Å². The van der Waals surface area contributed by atoms with Gasteiger partial charge in [0.15, 0.2) is 4.96 Å². The summed E-state index contributed by atoms with van der Waals surface area (Å²) in [6.07, 6.45) is 0. The van der Waals surface area contributed by atoms with Gasteiger partial charge in [-0.1, -0.05) is 23.5 Å². The van der Waals surface area contributed by atoms with Crippen LogP contribution in [0.5, 0.6) is 0 Å². The van der Waals surface area contributed by atoms with E-state index in [2.05, 4.69) is 9.38 Å². The van der Waals surface area contributed by atoms with Crippen LogP contribution in [0.3, 0.4) is 0 Å². The highest BCUT2D eigenvalue weighted by molar-refractivity contribution is 7.19. The number of imidazole rings is 1. The average molecular weight is 301 g/mol. The lowest BCUT2D eigenvalue weighted by molar-refractivity contribution is 0.0721. The molecule has 0 radical (unpaired) electrons. The summed E-state index contributed by atoms with van der Waals surface area (Å²) < 4.78 is 2.08. The number of fused-ring (bicyclic) bond motifs is 3. The molecule has 1 amide bonds. The fourth-order valence-corrected chi connectivity index (χ4v) is 3.83. The number of benzene rings is 1. The first-order valence-electron chi connectivity index (χ1n) is 7.22. The Balaban J connectivity index is 2.16. The molecule has 0 spiro atoms. The van der Waals surface area contributed by atoms with Gasteiger partial charge in [-0.3, -0.25) is 9.20 Å². The molecule has 5 heteroatoms. The number of hydrogen-bond donors (Lipinski definition) is 0. The van der Waals surface area contributed by atoms with Crippen LogP contribution in [0, 0.1) is 6.92 Å². The number of rotatable bonds is 3. The molecule has 2 aromatic heterocycles. The SMILES string of the molecule is CCN(C(=O)c1sc2nc3ccccc3n2c1C)C(C)C. The van der Waals surface area contributed by atoms with Crippen molar-refractivity contribution in [2.75, 3.05) is 6.54 Å². The lowest BCUT2D eigenvalue weighted by atomic mass is 10.2. The van der Waals surface area contributed by atoms with Crippen molar-refractivity contribution in [3.05, 3.63) is 34.8 Å². The van der Waals surface area contributed by atoms with Crippen LogP contribution in [0.2, 0.25) is 0 Å². The minimum atomic E-state index is 0.101. The highest BCUT2D eigenvalue weighted by Crippen LogP contribution is 2.28. The molecule has 0 saturated carbocycles. The zero-order valence-electron chi connectivity index (χ0n) is 12.8. The number of nitrogens with zero attached hydrogens (tertiary/aromatic N) is 3. The molecule has 3 rings (SSSR count). The Bertz CT molecular complexity index is 816. The summed E-state index contributed by atoms with van der Waals surface area (Å²) in [7, 11) is 0. The van der Waals surface area contributed by atoms with E-state index in [-0.39, 0.29) is 11.9 Å². The number of aryl methyl sites for hydroxylation is 1. The van der Waals surface area contributed by atoms with Crippen LogP contribution in [0.4, 0.5) is 0 Å². The molecule has 0 aliphatic rings. The maximum absolute atomic E-state index is 12.7. The molecular weight excluding hydrogens is 282 g/mol. The van der Waals surface area contributed by atoms with E-state index in [0.717, 1.165) is 33.1 Å². The fourth-order valence-electron chi connectivity index (χ4n) is 2.74. The van der Waals surface area contributed by atoms with Gasteiger partial charge in [-0.05, 0) is 39.8 Å². The van der Waals surface area contributed by atoms with Crippen LogP contribution in [0.25, 0.3) is 16.0 Å². The van der Waals surface area contributed by atoms with Crippen molar-refractivity contribution in [3.8, 4) is 0 Å². The number of carbonyl (C=O) groups excluding carboxylic acids is 1. The summed E-state index contributed by atoms with van der Waals surface area (Å²) in [5.41, 5.74) is 3.02. The highest BCUT2D eigenvalue weighted by Gasteiger charge is 2.23. The van der Waals surface area contributed by atoms with Gasteiger partial charge in [-0.25, -0.2) is 4.98 Å². The van der Waals surface area contributed by atoms with Crippen LogP contribution < -0.4 is 0 Å². The largest absolute Gasteiger partial charge is 0.336 e. The normalized spacial score (nSPS) is 11.7. The lowest BCUT2D eigenvalue weighted by Gasteiger charge is -2.24. The van der Waals surface area contributed by atoms with E-state index in [1.54, 1.807) is 0 Å². The van der Waals surface area contributed by atoms with Gasteiger partial charge in [-0.15, -0.1) is 0 Å². The third kappa shape index (κ3) is 2.12. The van der Waals surface area contributed by atoms with Gasteiger partial charge in [0.2, 0.25) is 0 Å². The van der Waals surface area contributed by atoms with Gasteiger partial charge in [-0.2, -0.15) is 0 Å². The van der Waals surface area contributed by atoms with Gasteiger partial charge in [0.05, 0.1) is 11.0 Å². The van der Waals surface area contributed by atoms with Gasteiger partial charge >= 0.3 is 0 Å². The molecular formula is C16H19N3OS. The van der Waals surface area contributed by atoms with Crippen LogP contribution in [0.15, 0.2) is 24.3 Å². The molecule has 0 saturated heterocycles. The van der Waals surface area contributed by atoms with Crippen LogP contribution in [0.1, 0.15) is 36.1 Å². The fraction of sp³-hybridized carbons (Fsp3) is 0.375. The van der Waals surface area contributed by atoms with Crippen LogP contribution >= 0.6 is 11.3 Å². The summed E-state index contributed by atoms with van der Waals surface area (Å²) in [5.74, 6) is 0.101. The second kappa shape index (κ2) is 5.15. The monoisotopic (exact) mass is 301 g/mol. The molecule has 0 bridgehead atoms. The Morgan fingerprint density at radius 1 is 1.38 bits per heavy atom. The number of carbonyl (C=O) groups is 1. The minimum absolute atomic E-state index is 0.101. The van der Waals surface area contributed by atoms with Crippen molar-refractivity contribution in [2.24, 2.45) is 0 Å². The Hall–Kier alpha value is -1.88. The van der Waals surface area contributed by atoms with E-state index < -0.39 is 0 Å². The van der Waals surface area contributed by atoms with Crippen molar-refractivity contribution in [1.82, 2.24) is 14.3 Å². The first-order chi connectivity index (χ1) is 10.0. The smallest absolute Gasteiger partial charge is 0.266 e. The lowest BCUT2D eigenvalue weighted by Crippen LogP contribution is -2.36. The topological polar surface area (TPSA) is 37.6 Å². The molecule has 0 unspecified atom stereocenters. The summed E-state index contributed by atoms with van der Waals surface area (Å²) in [6, 6.07) is 8.24. The maximum Gasteiger partial charge on any atom is 0.266 e. The molecule has 0 N–H and O–H groups in total. The minimum Gasteiger partial charge on any atom is -0.336 e. The molecule has 3 aromatic rings. The summed E-state index contributed by atoms with van der Waals surface area (Å²) >= 11 is 1.48. The van der Waals surface area contributed by atoms with E-state index in [1.165, 1.54) is 11.3 Å². The van der Waals surface area contributed by atoms with Crippen LogP contribution in [-0.2, 0) is 0 Å². The Kier molecular flexibility index (Phi) is 3.45. The van der Waals surface area contributed by atoms with E-state index >= 15 is 0 Å². The molecule has 4 nitrogen and oxygen atoms in total. The predicted octanol–water partition coefficient (Wildman–Crippen LogP) is 3.73. The van der Waals surface area contributed by atoms with E-state index in [9.17, 15) is 4.79 Å². The molecule has 21 heavy (non-hydrogen) atoms. The zero-order chi connectivity index (χ0) is 15.1. The third-order valence-corrected chi connectivity index (χ3v) is 4.94. The second-order valence-electron chi connectivity index (χ2n) is 5.42. The van der Waals surface area contributed by atoms with E-state index in [1.807, 2.05) is 56.9 Å². The molecule has 0 fully saturated rings. The van der Waals surface area contributed by atoms with Crippen molar-refractivity contribution in [1.29, 1.82) is 0 Å². The van der Waals surface area contributed by atoms with Crippen LogP contribution in [-0.4, -0.2) is 32.8 Å². The molecule has 110 valence electrons. The number of amides is 1. The van der Waals surface area contributed by atoms with Crippen molar-refractivity contribution < 1.29 is 4.79 Å². The van der Waals surface area contributed by atoms with E-state index in [4.69, 9.17) is 0 Å². The molecule has 2 heterocycles. The first kappa shape index (κ1) is 14.1. The number of aromatic nitrogens is 2. The second-order valence-corrected chi connectivity index (χ2v) is 6.40. The average Bonchev–Trinajstić information content (AvgIpc) is 2.96. The molecule has 0 atom stereocenters. The van der Waals surface area contributed by atoms with Gasteiger partial charge < -0.3 is 4.90 Å². The summed E-state index contributed by atoms with van der Waals surface area (Å²) in [4.78, 5) is 20.9. The predicted molar refractivity (Wildman–Crippen MR) is 87.2 cm³/mol. The Labute approximate surface area is 128 Å². The summed E-state index contributed by atoms with van der Waals surface area (Å²) in [5, 5.41) is 0. The standard InChI is InChI=1S/C16H19N3OS/c1-5-18(10(2)3)15(20)14-11(4)19-13-9-7-6-8-12(13)17-16(19)21-14/h6-10H,5H2,1-4H3. The highest BCUT2D eigenvalue weighted by atomic mass is 32.1. The summed E-state index contributed by atoms with van der Waals surface area (Å²) in [6.45, 7) is 8.83. The third-order valence-electron chi connectivity index (χ3n) is 3.81. The number of hydrogen-bond acceptors (Lipinski definition) is 3. The molecule has 0 aliphatic heterocycles. The first-order valence-corrected chi connectivity index (χ1v) is 8.03. The maximum atomic E-state index is 12.7. The van der Waals surface area contributed by atoms with Gasteiger partial charge in [0.1, 0.15) is 4.88 Å².